The van der Waals surface area contributed by atoms with Gasteiger partial charge in [0.2, 0.25) is 11.8 Å². The lowest BCUT2D eigenvalue weighted by atomic mass is 10.1. The van der Waals surface area contributed by atoms with Gasteiger partial charge in [-0.25, -0.2) is 12.8 Å². The Morgan fingerprint density at radius 1 is 0.927 bits per heavy atom. The molecule has 3 rings (SSSR count). The number of hydrogen-bond donors (Lipinski definition) is 1. The van der Waals surface area contributed by atoms with Gasteiger partial charge in [-0.2, -0.15) is 0 Å². The van der Waals surface area contributed by atoms with Crippen LogP contribution in [0.25, 0.3) is 0 Å². The molecule has 0 aliphatic rings. The lowest BCUT2D eigenvalue weighted by molar-refractivity contribution is -0.140. The third kappa shape index (κ3) is 7.97. The summed E-state index contributed by atoms with van der Waals surface area (Å²) in [7, 11) is -1.42. The minimum Gasteiger partial charge on any atom is -0.497 e. The maximum atomic E-state index is 14.0. The molecule has 9 nitrogen and oxygen atoms in total. The third-order valence-electron chi connectivity index (χ3n) is 6.21. The number of ether oxygens (including phenoxy) is 2. The van der Waals surface area contributed by atoms with E-state index in [2.05, 4.69) is 5.32 Å². The molecule has 0 heterocycles. The van der Waals surface area contributed by atoms with Crippen molar-refractivity contribution in [2.75, 3.05) is 25.1 Å². The smallest absolute Gasteiger partial charge is 0.264 e. The van der Waals surface area contributed by atoms with Gasteiger partial charge >= 0.3 is 0 Å². The molecule has 11 heteroatoms. The first-order chi connectivity index (χ1) is 19.3. The van der Waals surface area contributed by atoms with Crippen LogP contribution >= 0.6 is 0 Å². The number of anilines is 1. The number of benzene rings is 3. The van der Waals surface area contributed by atoms with Crippen molar-refractivity contribution in [3.05, 3.63) is 84.2 Å². The predicted molar refractivity (Wildman–Crippen MR) is 155 cm³/mol. The van der Waals surface area contributed by atoms with Gasteiger partial charge in [-0.15, -0.1) is 0 Å². The number of carbonyl (C=O) groups excluding carboxylic acids is 2. The number of halogens is 1. The average Bonchev–Trinajstić information content (AvgIpc) is 2.94. The Balaban J connectivity index is 2.07. The summed E-state index contributed by atoms with van der Waals surface area (Å²) in [4.78, 5) is 28.4. The third-order valence-corrected chi connectivity index (χ3v) is 7.99. The molecule has 0 bridgehead atoms. The van der Waals surface area contributed by atoms with Crippen LogP contribution in [-0.4, -0.2) is 57.5 Å². The molecule has 220 valence electrons. The van der Waals surface area contributed by atoms with Gasteiger partial charge in [0.05, 0.1) is 24.8 Å². The number of methoxy groups -OCH3 is 2. The first kappa shape index (κ1) is 31.4. The summed E-state index contributed by atoms with van der Waals surface area (Å²) in [6.45, 7) is 6.31. The fraction of sp³-hybridized carbons (Fsp3) is 0.333. The van der Waals surface area contributed by atoms with Crippen LogP contribution in [0.3, 0.4) is 0 Å². The lowest BCUT2D eigenvalue weighted by Gasteiger charge is -2.33. The number of nitrogens with one attached hydrogen (secondary N) is 1. The molecule has 0 aromatic heterocycles. The minimum absolute atomic E-state index is 0.0554. The molecule has 3 aromatic carbocycles. The molecule has 2 amide bonds. The first-order valence-corrected chi connectivity index (χ1v) is 14.4. The fourth-order valence-corrected chi connectivity index (χ4v) is 5.49. The van der Waals surface area contributed by atoms with Crippen LogP contribution in [0.5, 0.6) is 11.5 Å². The van der Waals surface area contributed by atoms with Crippen molar-refractivity contribution in [2.45, 2.75) is 50.7 Å². The van der Waals surface area contributed by atoms with Gasteiger partial charge in [-0.3, -0.25) is 13.9 Å². The zero-order chi connectivity index (χ0) is 30.4. The highest BCUT2D eigenvalue weighted by Crippen LogP contribution is 2.33. The molecule has 0 unspecified atom stereocenters. The Hall–Kier alpha value is -4.12. The summed E-state index contributed by atoms with van der Waals surface area (Å²) < 4.78 is 53.1. The second-order valence-corrected chi connectivity index (χ2v) is 12.3. The number of amides is 2. The summed E-state index contributed by atoms with van der Waals surface area (Å²) in [6.07, 6.45) is 0. The molecule has 0 fully saturated rings. The van der Waals surface area contributed by atoms with Crippen LogP contribution in [0.4, 0.5) is 10.1 Å². The zero-order valence-corrected chi connectivity index (χ0v) is 24.9. The summed E-state index contributed by atoms with van der Waals surface area (Å²) in [6, 6.07) is 16.8. The molecule has 0 aliphatic heterocycles. The van der Waals surface area contributed by atoms with E-state index in [-0.39, 0.29) is 22.9 Å². The summed E-state index contributed by atoms with van der Waals surface area (Å²) in [5, 5.41) is 2.86. The molecule has 0 aliphatic carbocycles. The molecule has 0 saturated carbocycles. The van der Waals surface area contributed by atoms with Crippen LogP contribution in [0.15, 0.2) is 77.7 Å². The van der Waals surface area contributed by atoms with Gasteiger partial charge in [0.1, 0.15) is 29.9 Å². The molecule has 1 atom stereocenters. The van der Waals surface area contributed by atoms with E-state index in [0.717, 1.165) is 4.31 Å². The van der Waals surface area contributed by atoms with Crippen molar-refractivity contribution in [1.82, 2.24) is 10.2 Å². The van der Waals surface area contributed by atoms with Crippen LogP contribution in [0.2, 0.25) is 0 Å². The molecule has 3 aromatic rings. The van der Waals surface area contributed by atoms with E-state index < -0.39 is 45.8 Å². The van der Waals surface area contributed by atoms with Crippen molar-refractivity contribution < 1.29 is 31.9 Å². The van der Waals surface area contributed by atoms with Crippen molar-refractivity contribution in [2.24, 2.45) is 0 Å². The minimum atomic E-state index is -4.29. The number of sulfonamides is 1. The first-order valence-electron chi connectivity index (χ1n) is 12.9. The van der Waals surface area contributed by atoms with Crippen molar-refractivity contribution in [3.8, 4) is 11.5 Å². The Kier molecular flexibility index (Phi) is 9.98. The van der Waals surface area contributed by atoms with Gasteiger partial charge < -0.3 is 19.7 Å². The number of para-hydroxylation sites is 2. The van der Waals surface area contributed by atoms with Crippen molar-refractivity contribution >= 4 is 27.5 Å². The van der Waals surface area contributed by atoms with Crippen LogP contribution < -0.4 is 19.1 Å². The predicted octanol–water partition coefficient (Wildman–Crippen LogP) is 4.37. The van der Waals surface area contributed by atoms with Gasteiger partial charge in [0.15, 0.2) is 0 Å². The monoisotopic (exact) mass is 585 g/mol. The van der Waals surface area contributed by atoms with Crippen LogP contribution in [-0.2, 0) is 26.2 Å². The van der Waals surface area contributed by atoms with E-state index in [0.29, 0.717) is 11.3 Å². The summed E-state index contributed by atoms with van der Waals surface area (Å²) in [5.41, 5.74) is 0.140. The van der Waals surface area contributed by atoms with Gasteiger partial charge in [-0.05, 0) is 81.8 Å². The summed E-state index contributed by atoms with van der Waals surface area (Å²) in [5.74, 6) is -0.809. The maximum absolute atomic E-state index is 14.0. The number of nitrogens with zero attached hydrogens (tertiary/aromatic N) is 2. The van der Waals surface area contributed by atoms with Crippen molar-refractivity contribution in [1.29, 1.82) is 0 Å². The van der Waals surface area contributed by atoms with Gasteiger partial charge in [0, 0.05) is 12.1 Å². The van der Waals surface area contributed by atoms with Crippen molar-refractivity contribution in [3.63, 3.8) is 0 Å². The molecule has 1 N–H and O–H groups in total. The molecule has 0 spiro atoms. The molecule has 0 saturated heterocycles. The number of hydrogen-bond acceptors (Lipinski definition) is 6. The van der Waals surface area contributed by atoms with E-state index >= 15 is 0 Å². The van der Waals surface area contributed by atoms with Crippen LogP contribution in [0, 0.1) is 5.82 Å². The average molecular weight is 586 g/mol. The highest BCUT2D eigenvalue weighted by Gasteiger charge is 2.34. The van der Waals surface area contributed by atoms with E-state index in [1.807, 2.05) is 20.8 Å². The standard InChI is InChI=1S/C30H36FN3O6S/c1-21(29(36)32-30(2,3)4)33(19-22-11-13-23(31)14-12-22)28(35)20-34(26-9-7-8-10-27(26)40-6)41(37,38)25-17-15-24(39-5)16-18-25/h7-18,21H,19-20H2,1-6H3,(H,32,36)/t21-/m1/s1. The SMILES string of the molecule is COc1ccc(S(=O)(=O)N(CC(=O)N(Cc2ccc(F)cc2)[C@H](C)C(=O)NC(C)(C)C)c2ccccc2OC)cc1. The molecule has 41 heavy (non-hydrogen) atoms. The lowest BCUT2D eigenvalue weighted by Crippen LogP contribution is -2.54. The van der Waals surface area contributed by atoms with Crippen LogP contribution in [0.1, 0.15) is 33.3 Å². The topological polar surface area (TPSA) is 105 Å². The zero-order valence-electron chi connectivity index (χ0n) is 24.0. The van der Waals surface area contributed by atoms with E-state index in [1.165, 1.54) is 73.7 Å². The van der Waals surface area contributed by atoms with E-state index in [9.17, 15) is 22.4 Å². The number of carbonyl (C=O) groups is 2. The number of rotatable bonds is 11. The molecular weight excluding hydrogens is 549 g/mol. The molecular formula is C30H36FN3O6S. The Labute approximate surface area is 240 Å². The fourth-order valence-electron chi connectivity index (χ4n) is 4.07. The maximum Gasteiger partial charge on any atom is 0.264 e. The highest BCUT2D eigenvalue weighted by molar-refractivity contribution is 7.92. The quantitative estimate of drug-likeness (QED) is 0.358. The second-order valence-electron chi connectivity index (χ2n) is 10.4. The Morgan fingerprint density at radius 2 is 1.54 bits per heavy atom. The Morgan fingerprint density at radius 3 is 2.10 bits per heavy atom. The van der Waals surface area contributed by atoms with Gasteiger partial charge in [-0.1, -0.05) is 24.3 Å². The molecule has 0 radical (unpaired) electrons. The summed E-state index contributed by atoms with van der Waals surface area (Å²) >= 11 is 0. The Bertz CT molecular complexity index is 1450. The largest absolute Gasteiger partial charge is 0.497 e. The van der Waals surface area contributed by atoms with E-state index in [1.54, 1.807) is 25.1 Å². The highest BCUT2D eigenvalue weighted by atomic mass is 32.2. The van der Waals surface area contributed by atoms with E-state index in [4.69, 9.17) is 9.47 Å². The second kappa shape index (κ2) is 13.0. The normalized spacial score (nSPS) is 12.3. The van der Waals surface area contributed by atoms with Gasteiger partial charge in [0.25, 0.3) is 10.0 Å².